The molecule has 0 bridgehead atoms. The fourth-order valence-corrected chi connectivity index (χ4v) is 6.52. The number of ether oxygens (including phenoxy) is 1. The second-order valence-corrected chi connectivity index (χ2v) is 10.8. The van der Waals surface area contributed by atoms with E-state index in [1.54, 1.807) is 27.0 Å². The Kier molecular flexibility index (Phi) is 6.21. The van der Waals surface area contributed by atoms with Gasteiger partial charge in [-0.3, -0.25) is 4.79 Å². The molecule has 1 aliphatic heterocycles. The minimum Gasteiger partial charge on any atom is -0.496 e. The van der Waals surface area contributed by atoms with Crippen LogP contribution in [0.5, 0.6) is 5.75 Å². The number of anilines is 1. The Hall–Kier alpha value is -2.43. The van der Waals surface area contributed by atoms with Gasteiger partial charge in [-0.15, -0.1) is 0 Å². The number of nitrogens with zero attached hydrogens (tertiary/aromatic N) is 1. The molecule has 30 heavy (non-hydrogen) atoms. The van der Waals surface area contributed by atoms with Gasteiger partial charge in [0.15, 0.2) is 0 Å². The van der Waals surface area contributed by atoms with Crippen LogP contribution < -0.4 is 13.8 Å². The summed E-state index contributed by atoms with van der Waals surface area (Å²) in [4.78, 5) is 12.3. The smallest absolute Gasteiger partial charge is 0.244 e. The van der Waals surface area contributed by atoms with Crippen LogP contribution in [-0.4, -0.2) is 42.2 Å². The molecule has 162 valence electrons. The molecule has 1 aliphatic rings. The Labute approximate surface area is 177 Å². The molecule has 1 fully saturated rings. The Bertz CT molecular complexity index is 1180. The summed E-state index contributed by atoms with van der Waals surface area (Å²) < 4.78 is 58.6. The van der Waals surface area contributed by atoms with Crippen LogP contribution in [0.4, 0.5) is 5.69 Å². The lowest BCUT2D eigenvalue weighted by atomic mass is 10.1. The zero-order valence-electron chi connectivity index (χ0n) is 17.0. The standard InChI is InChI=1S/C20H24N2O6S2/c1-14-12-17(22-20(23)15(2)13-29(22,24)25)8-9-19(14)30(26,27)21-11-10-16-6-4-5-7-18(16)28-3/h4-9,12,15,21H,10-11,13H2,1-3H3. The molecule has 1 saturated heterocycles. The number of amides is 1. The summed E-state index contributed by atoms with van der Waals surface area (Å²) in [7, 11) is -6.01. The maximum atomic E-state index is 12.7. The number of nitrogens with one attached hydrogen (secondary N) is 1. The van der Waals surface area contributed by atoms with Gasteiger partial charge in [-0.05, 0) is 48.7 Å². The Morgan fingerprint density at radius 3 is 2.50 bits per heavy atom. The molecule has 1 atom stereocenters. The van der Waals surface area contributed by atoms with Gasteiger partial charge in [0, 0.05) is 6.54 Å². The van der Waals surface area contributed by atoms with E-state index in [1.165, 1.54) is 18.2 Å². The first-order valence-corrected chi connectivity index (χ1v) is 12.4. The maximum Gasteiger partial charge on any atom is 0.244 e. The van der Waals surface area contributed by atoms with E-state index in [2.05, 4.69) is 4.72 Å². The van der Waals surface area contributed by atoms with Crippen molar-refractivity contribution in [3.63, 3.8) is 0 Å². The van der Waals surface area contributed by atoms with Crippen molar-refractivity contribution in [3.05, 3.63) is 53.6 Å². The van der Waals surface area contributed by atoms with Gasteiger partial charge in [0.05, 0.1) is 29.4 Å². The molecule has 1 heterocycles. The van der Waals surface area contributed by atoms with Gasteiger partial charge in [0.25, 0.3) is 0 Å². The predicted molar refractivity (Wildman–Crippen MR) is 114 cm³/mol. The normalized spacial score (nSPS) is 18.6. The molecule has 0 aliphatic carbocycles. The molecule has 1 N–H and O–H groups in total. The van der Waals surface area contributed by atoms with Gasteiger partial charge < -0.3 is 4.74 Å². The van der Waals surface area contributed by atoms with E-state index in [0.29, 0.717) is 17.7 Å². The number of benzene rings is 2. The summed E-state index contributed by atoms with van der Waals surface area (Å²) >= 11 is 0. The predicted octanol–water partition coefficient (Wildman–Crippen LogP) is 1.84. The molecule has 0 spiro atoms. The molecule has 2 aromatic rings. The topological polar surface area (TPSA) is 110 Å². The monoisotopic (exact) mass is 452 g/mol. The molecule has 1 amide bonds. The number of hydrogen-bond donors (Lipinski definition) is 1. The summed E-state index contributed by atoms with van der Waals surface area (Å²) in [6.45, 7) is 3.28. The Morgan fingerprint density at radius 2 is 1.90 bits per heavy atom. The highest BCUT2D eigenvalue weighted by Gasteiger charge is 2.42. The van der Waals surface area contributed by atoms with E-state index in [-0.39, 0.29) is 22.9 Å². The van der Waals surface area contributed by atoms with Crippen molar-refractivity contribution in [1.29, 1.82) is 0 Å². The maximum absolute atomic E-state index is 12.7. The van der Waals surface area contributed by atoms with Crippen LogP contribution in [0.15, 0.2) is 47.4 Å². The van der Waals surface area contributed by atoms with Crippen molar-refractivity contribution in [2.24, 2.45) is 5.92 Å². The number of rotatable bonds is 7. The molecule has 0 radical (unpaired) electrons. The fraction of sp³-hybridized carbons (Fsp3) is 0.350. The van der Waals surface area contributed by atoms with Crippen LogP contribution in [0.3, 0.4) is 0 Å². The third-order valence-electron chi connectivity index (χ3n) is 4.92. The van der Waals surface area contributed by atoms with E-state index >= 15 is 0 Å². The first-order valence-electron chi connectivity index (χ1n) is 9.36. The number of carbonyl (C=O) groups excluding carboxylic acids is 1. The number of aryl methyl sites for hydroxylation is 1. The van der Waals surface area contributed by atoms with Crippen LogP contribution in [-0.2, 0) is 31.3 Å². The molecule has 3 rings (SSSR count). The summed E-state index contributed by atoms with van der Waals surface area (Å²) in [5.74, 6) is -0.714. The number of hydrogen-bond acceptors (Lipinski definition) is 6. The van der Waals surface area contributed by atoms with Gasteiger partial charge in [0.1, 0.15) is 5.75 Å². The van der Waals surface area contributed by atoms with Crippen molar-refractivity contribution < 1.29 is 26.4 Å². The lowest BCUT2D eigenvalue weighted by molar-refractivity contribution is -0.119. The average molecular weight is 453 g/mol. The van der Waals surface area contributed by atoms with Crippen molar-refractivity contribution in [1.82, 2.24) is 4.72 Å². The van der Waals surface area contributed by atoms with E-state index < -0.39 is 31.9 Å². The molecule has 1 unspecified atom stereocenters. The minimum atomic E-state index is -3.82. The highest BCUT2D eigenvalue weighted by atomic mass is 32.2. The Balaban J connectivity index is 1.78. The molecular weight excluding hydrogens is 428 g/mol. The van der Waals surface area contributed by atoms with Crippen LogP contribution in [0, 0.1) is 12.8 Å². The lowest BCUT2D eigenvalue weighted by Gasteiger charge is -2.17. The second kappa shape index (κ2) is 8.37. The largest absolute Gasteiger partial charge is 0.496 e. The van der Waals surface area contributed by atoms with Gasteiger partial charge in [-0.25, -0.2) is 25.9 Å². The molecule has 0 aromatic heterocycles. The van der Waals surface area contributed by atoms with E-state index in [0.717, 1.165) is 9.87 Å². The lowest BCUT2D eigenvalue weighted by Crippen LogP contribution is -2.31. The summed E-state index contributed by atoms with van der Waals surface area (Å²) in [5, 5.41) is 0. The number of carbonyl (C=O) groups is 1. The van der Waals surface area contributed by atoms with Crippen LogP contribution in [0.25, 0.3) is 0 Å². The van der Waals surface area contributed by atoms with Crippen molar-refractivity contribution in [2.45, 2.75) is 25.2 Å². The van der Waals surface area contributed by atoms with E-state index in [1.807, 2.05) is 18.2 Å². The van der Waals surface area contributed by atoms with Crippen LogP contribution >= 0.6 is 0 Å². The van der Waals surface area contributed by atoms with Gasteiger partial charge >= 0.3 is 0 Å². The third kappa shape index (κ3) is 4.35. The highest BCUT2D eigenvalue weighted by Crippen LogP contribution is 2.30. The van der Waals surface area contributed by atoms with Crippen LogP contribution in [0.2, 0.25) is 0 Å². The van der Waals surface area contributed by atoms with Crippen LogP contribution in [0.1, 0.15) is 18.1 Å². The van der Waals surface area contributed by atoms with E-state index in [4.69, 9.17) is 4.74 Å². The second-order valence-electron chi connectivity index (χ2n) is 7.19. The minimum absolute atomic E-state index is 0.0309. The number of para-hydroxylation sites is 1. The highest BCUT2D eigenvalue weighted by molar-refractivity contribution is 7.94. The zero-order chi connectivity index (χ0) is 22.1. The third-order valence-corrected chi connectivity index (χ3v) is 8.41. The number of sulfonamides is 2. The first-order chi connectivity index (χ1) is 14.1. The quantitative estimate of drug-likeness (QED) is 0.686. The first kappa shape index (κ1) is 22.3. The van der Waals surface area contributed by atoms with Crippen molar-refractivity contribution in [3.8, 4) is 5.75 Å². The molecule has 0 saturated carbocycles. The van der Waals surface area contributed by atoms with E-state index in [9.17, 15) is 21.6 Å². The van der Waals surface area contributed by atoms with Crippen molar-refractivity contribution >= 4 is 31.6 Å². The number of methoxy groups -OCH3 is 1. The Morgan fingerprint density at radius 1 is 1.20 bits per heavy atom. The molecule has 10 heteroatoms. The SMILES string of the molecule is COc1ccccc1CCNS(=O)(=O)c1ccc(N2C(=O)C(C)CS2(=O)=O)cc1C. The van der Waals surface area contributed by atoms with Gasteiger partial charge in [0.2, 0.25) is 26.0 Å². The zero-order valence-corrected chi connectivity index (χ0v) is 18.6. The fourth-order valence-electron chi connectivity index (χ4n) is 3.46. The molecule has 2 aromatic carbocycles. The molecular formula is C20H24N2O6S2. The van der Waals surface area contributed by atoms with Crippen molar-refractivity contribution in [2.75, 3.05) is 23.7 Å². The average Bonchev–Trinajstić information content (AvgIpc) is 2.88. The van der Waals surface area contributed by atoms with Gasteiger partial charge in [-0.1, -0.05) is 25.1 Å². The summed E-state index contributed by atoms with van der Waals surface area (Å²) in [5.41, 5.74) is 1.37. The molecule has 8 nitrogen and oxygen atoms in total. The summed E-state index contributed by atoms with van der Waals surface area (Å²) in [6, 6.07) is 11.4. The summed E-state index contributed by atoms with van der Waals surface area (Å²) in [6.07, 6.45) is 0.443. The van der Waals surface area contributed by atoms with Gasteiger partial charge in [-0.2, -0.15) is 0 Å².